The Morgan fingerprint density at radius 3 is 1.89 bits per heavy atom. The van der Waals surface area contributed by atoms with Gasteiger partial charge >= 0.3 is 0 Å². The molecule has 0 fully saturated rings. The average Bonchev–Trinajstić information content (AvgIpc) is 2.57. The van der Waals surface area contributed by atoms with Crippen molar-refractivity contribution in [3.8, 4) is 0 Å². The third-order valence-corrected chi connectivity index (χ3v) is 4.78. The Morgan fingerprint density at radius 2 is 1.44 bits per heavy atom. The molecule has 0 aliphatic rings. The summed E-state index contributed by atoms with van der Waals surface area (Å²) in [5.74, 6) is 0. The van der Waals surface area contributed by atoms with Crippen molar-refractivity contribution in [1.82, 2.24) is 0 Å². The van der Waals surface area contributed by atoms with E-state index in [9.17, 15) is 0 Å². The Hall–Kier alpha value is -1.12. The van der Waals surface area contributed by atoms with Gasteiger partial charge in [-0.3, -0.25) is 0 Å². The standard InChI is InChI=1S/C16H21NS/c1-9-6-11(3)15(12(4)7-9)16(17)14-8-10(2)13(5)18-14/h6-8,16H,17H2,1-5H3. The molecular weight excluding hydrogens is 238 g/mol. The third-order valence-electron chi connectivity index (χ3n) is 3.54. The van der Waals surface area contributed by atoms with E-state index in [4.69, 9.17) is 5.73 Å². The fourth-order valence-electron chi connectivity index (χ4n) is 2.58. The first kappa shape index (κ1) is 13.3. The first-order chi connectivity index (χ1) is 8.40. The lowest BCUT2D eigenvalue weighted by molar-refractivity contribution is 0.869. The lowest BCUT2D eigenvalue weighted by Gasteiger charge is -2.17. The second-order valence-corrected chi connectivity index (χ2v) is 6.47. The van der Waals surface area contributed by atoms with E-state index in [0.717, 1.165) is 0 Å². The zero-order chi connectivity index (χ0) is 13.4. The maximum Gasteiger partial charge on any atom is 0.0651 e. The smallest absolute Gasteiger partial charge is 0.0651 e. The number of thiophene rings is 1. The molecule has 96 valence electrons. The largest absolute Gasteiger partial charge is 0.320 e. The minimum atomic E-state index is 0.00278. The predicted molar refractivity (Wildman–Crippen MR) is 80.5 cm³/mol. The molecule has 0 amide bonds. The molecule has 1 nitrogen and oxygen atoms in total. The van der Waals surface area contributed by atoms with E-state index >= 15 is 0 Å². The molecule has 1 heterocycles. The van der Waals surface area contributed by atoms with Crippen LogP contribution in [0.1, 0.15) is 43.6 Å². The minimum Gasteiger partial charge on any atom is -0.320 e. The van der Waals surface area contributed by atoms with Crippen LogP contribution in [0.25, 0.3) is 0 Å². The Kier molecular flexibility index (Phi) is 3.60. The monoisotopic (exact) mass is 259 g/mol. The minimum absolute atomic E-state index is 0.00278. The van der Waals surface area contributed by atoms with Crippen molar-refractivity contribution in [3.63, 3.8) is 0 Å². The van der Waals surface area contributed by atoms with Crippen LogP contribution in [0.3, 0.4) is 0 Å². The van der Waals surface area contributed by atoms with E-state index in [2.05, 4.69) is 52.8 Å². The van der Waals surface area contributed by atoms with Crippen LogP contribution >= 0.6 is 11.3 Å². The molecule has 2 aromatic rings. The van der Waals surface area contributed by atoms with Crippen molar-refractivity contribution < 1.29 is 0 Å². The number of benzene rings is 1. The van der Waals surface area contributed by atoms with Crippen molar-refractivity contribution in [2.45, 2.75) is 40.7 Å². The molecule has 2 heteroatoms. The van der Waals surface area contributed by atoms with Crippen LogP contribution in [0.2, 0.25) is 0 Å². The molecule has 1 aromatic carbocycles. The summed E-state index contributed by atoms with van der Waals surface area (Å²) in [7, 11) is 0. The van der Waals surface area contributed by atoms with Gasteiger partial charge in [-0.15, -0.1) is 11.3 Å². The van der Waals surface area contributed by atoms with Gasteiger partial charge < -0.3 is 5.73 Å². The fraction of sp³-hybridized carbons (Fsp3) is 0.375. The SMILES string of the molecule is Cc1cc(C)c(C(N)c2cc(C)c(C)s2)c(C)c1. The van der Waals surface area contributed by atoms with Gasteiger partial charge in [0.05, 0.1) is 6.04 Å². The molecule has 0 saturated carbocycles. The highest BCUT2D eigenvalue weighted by Gasteiger charge is 2.17. The molecule has 1 aromatic heterocycles. The van der Waals surface area contributed by atoms with Crippen LogP contribution in [0, 0.1) is 34.6 Å². The molecule has 2 N–H and O–H groups in total. The number of nitrogens with two attached hydrogens (primary N) is 1. The van der Waals surface area contributed by atoms with Gasteiger partial charge in [0.2, 0.25) is 0 Å². The van der Waals surface area contributed by atoms with Crippen LogP contribution in [0.4, 0.5) is 0 Å². The molecule has 2 rings (SSSR count). The van der Waals surface area contributed by atoms with E-state index in [1.165, 1.54) is 37.6 Å². The molecule has 0 aliphatic heterocycles. The van der Waals surface area contributed by atoms with Crippen molar-refractivity contribution in [2.24, 2.45) is 5.73 Å². The second-order valence-electron chi connectivity index (χ2n) is 5.18. The quantitative estimate of drug-likeness (QED) is 0.853. The number of hydrogen-bond acceptors (Lipinski definition) is 2. The molecule has 0 spiro atoms. The second kappa shape index (κ2) is 4.87. The van der Waals surface area contributed by atoms with Gasteiger partial charge in [0.1, 0.15) is 0 Å². The summed E-state index contributed by atoms with van der Waals surface area (Å²) in [6, 6.07) is 6.66. The molecule has 0 radical (unpaired) electrons. The number of aryl methyl sites for hydroxylation is 5. The summed E-state index contributed by atoms with van der Waals surface area (Å²) in [5.41, 5.74) is 13.0. The highest BCUT2D eigenvalue weighted by Crippen LogP contribution is 2.32. The summed E-state index contributed by atoms with van der Waals surface area (Å²) >= 11 is 1.81. The molecule has 1 unspecified atom stereocenters. The summed E-state index contributed by atoms with van der Waals surface area (Å²) in [5, 5.41) is 0. The molecule has 1 atom stereocenters. The Bertz CT molecular complexity index is 538. The normalized spacial score (nSPS) is 12.8. The lowest BCUT2D eigenvalue weighted by atomic mass is 9.93. The van der Waals surface area contributed by atoms with Gasteiger partial charge in [-0.05, 0) is 62.9 Å². The predicted octanol–water partition coefficient (Wildman–Crippen LogP) is 4.34. The first-order valence-electron chi connectivity index (χ1n) is 6.30. The van der Waals surface area contributed by atoms with Crippen molar-refractivity contribution in [1.29, 1.82) is 0 Å². The first-order valence-corrected chi connectivity index (χ1v) is 7.12. The summed E-state index contributed by atoms with van der Waals surface area (Å²) in [4.78, 5) is 2.63. The highest BCUT2D eigenvalue weighted by molar-refractivity contribution is 7.12. The van der Waals surface area contributed by atoms with E-state index < -0.39 is 0 Å². The van der Waals surface area contributed by atoms with Crippen LogP contribution in [-0.2, 0) is 0 Å². The van der Waals surface area contributed by atoms with E-state index in [1.807, 2.05) is 11.3 Å². The Balaban J connectivity index is 2.49. The van der Waals surface area contributed by atoms with E-state index in [-0.39, 0.29) is 6.04 Å². The van der Waals surface area contributed by atoms with Crippen LogP contribution in [0.15, 0.2) is 18.2 Å². The topological polar surface area (TPSA) is 26.0 Å². The molecule has 18 heavy (non-hydrogen) atoms. The third kappa shape index (κ3) is 2.36. The molecular formula is C16H21NS. The van der Waals surface area contributed by atoms with Crippen LogP contribution < -0.4 is 5.73 Å². The van der Waals surface area contributed by atoms with Crippen LogP contribution in [0.5, 0.6) is 0 Å². The van der Waals surface area contributed by atoms with Crippen LogP contribution in [-0.4, -0.2) is 0 Å². The molecule has 0 saturated heterocycles. The zero-order valence-corrected chi connectivity index (χ0v) is 12.6. The van der Waals surface area contributed by atoms with Gasteiger partial charge in [-0.25, -0.2) is 0 Å². The maximum atomic E-state index is 6.46. The Labute approximate surface area is 114 Å². The van der Waals surface area contributed by atoms with Gasteiger partial charge in [-0.2, -0.15) is 0 Å². The number of rotatable bonds is 2. The maximum absolute atomic E-state index is 6.46. The van der Waals surface area contributed by atoms with Crippen molar-refractivity contribution in [3.05, 3.63) is 55.8 Å². The molecule has 0 bridgehead atoms. The lowest BCUT2D eigenvalue weighted by Crippen LogP contribution is -2.13. The van der Waals surface area contributed by atoms with Gasteiger partial charge in [0.25, 0.3) is 0 Å². The van der Waals surface area contributed by atoms with Gasteiger partial charge in [0.15, 0.2) is 0 Å². The molecule has 0 aliphatic carbocycles. The van der Waals surface area contributed by atoms with E-state index in [0.29, 0.717) is 0 Å². The average molecular weight is 259 g/mol. The van der Waals surface area contributed by atoms with Gasteiger partial charge in [0, 0.05) is 9.75 Å². The Morgan fingerprint density at radius 1 is 0.889 bits per heavy atom. The van der Waals surface area contributed by atoms with Crippen molar-refractivity contribution >= 4 is 11.3 Å². The number of hydrogen-bond donors (Lipinski definition) is 1. The van der Waals surface area contributed by atoms with Crippen molar-refractivity contribution in [2.75, 3.05) is 0 Å². The van der Waals surface area contributed by atoms with E-state index in [1.54, 1.807) is 0 Å². The summed E-state index contributed by atoms with van der Waals surface area (Å²) in [6.45, 7) is 10.8. The summed E-state index contributed by atoms with van der Waals surface area (Å²) < 4.78 is 0. The fourth-order valence-corrected chi connectivity index (χ4v) is 3.63. The highest BCUT2D eigenvalue weighted by atomic mass is 32.1. The summed E-state index contributed by atoms with van der Waals surface area (Å²) in [6.07, 6.45) is 0. The zero-order valence-electron chi connectivity index (χ0n) is 11.8. The van der Waals surface area contributed by atoms with Gasteiger partial charge in [-0.1, -0.05) is 17.7 Å².